The number of aromatic nitrogens is 2. The lowest BCUT2D eigenvalue weighted by Gasteiger charge is -2.31. The highest BCUT2D eigenvalue weighted by molar-refractivity contribution is 5.93. The van der Waals surface area contributed by atoms with Crippen molar-refractivity contribution in [3.63, 3.8) is 0 Å². The van der Waals surface area contributed by atoms with Gasteiger partial charge in [-0.05, 0) is 48.9 Å². The van der Waals surface area contributed by atoms with Crippen molar-refractivity contribution in [3.05, 3.63) is 61.7 Å². The zero-order valence-electron chi connectivity index (χ0n) is 19.5. The maximum Gasteiger partial charge on any atom is 0.343 e. The number of hydrogen-bond acceptors (Lipinski definition) is 7. The predicted octanol–water partition coefficient (Wildman–Crippen LogP) is 2.03. The Kier molecular flexibility index (Phi) is 4.21. The number of ether oxygens (including phenoxy) is 1. The number of benzene rings is 1. The standard InChI is InChI=1S/C26H25FN4O4/c1-3-26(34)15-6-19-23-13(9-31(19)24(32)14(15)10-35-25(26)33)22-17(29-20-8-28-20)5-4-12-11(2)16(27)7-18(30-23)21(12)22/h6-7,17,20,28-29,34H,3-5,8-10H2,1-2H3/t17-,20?,26-/m0/s1. The number of halogens is 1. The molecule has 0 amide bonds. The summed E-state index contributed by atoms with van der Waals surface area (Å²) in [7, 11) is 0. The van der Waals surface area contributed by atoms with Gasteiger partial charge in [-0.25, -0.2) is 14.2 Å². The summed E-state index contributed by atoms with van der Waals surface area (Å²) in [6, 6.07) is 3.23. The molecular formula is C26H25FN4O4. The first-order valence-corrected chi connectivity index (χ1v) is 12.1. The van der Waals surface area contributed by atoms with E-state index in [0.29, 0.717) is 34.6 Å². The maximum absolute atomic E-state index is 14.9. The summed E-state index contributed by atoms with van der Waals surface area (Å²) in [5, 5.41) is 19.1. The van der Waals surface area contributed by atoms with Crippen LogP contribution in [0.3, 0.4) is 0 Å². The van der Waals surface area contributed by atoms with Gasteiger partial charge in [0.25, 0.3) is 5.56 Å². The van der Waals surface area contributed by atoms with Crippen LogP contribution in [0.25, 0.3) is 22.3 Å². The summed E-state index contributed by atoms with van der Waals surface area (Å²) in [4.78, 5) is 30.9. The molecule has 1 fully saturated rings. The fraction of sp³-hybridized carbons (Fsp3) is 0.423. The smallest absolute Gasteiger partial charge is 0.343 e. The van der Waals surface area contributed by atoms with Gasteiger partial charge >= 0.3 is 5.97 Å². The van der Waals surface area contributed by atoms with Crippen LogP contribution in [0.2, 0.25) is 0 Å². The minimum Gasteiger partial charge on any atom is -0.458 e. The van der Waals surface area contributed by atoms with Crippen LogP contribution < -0.4 is 16.2 Å². The molecule has 2 aromatic heterocycles. The van der Waals surface area contributed by atoms with Crippen molar-refractivity contribution in [2.24, 2.45) is 0 Å². The summed E-state index contributed by atoms with van der Waals surface area (Å²) in [6.45, 7) is 4.56. The topological polar surface area (TPSA) is 115 Å². The molecule has 3 N–H and O–H groups in total. The molecule has 0 bridgehead atoms. The van der Waals surface area contributed by atoms with Crippen molar-refractivity contribution in [2.75, 3.05) is 6.54 Å². The Morgan fingerprint density at radius 3 is 2.86 bits per heavy atom. The van der Waals surface area contributed by atoms with Gasteiger partial charge in [-0.15, -0.1) is 0 Å². The summed E-state index contributed by atoms with van der Waals surface area (Å²) in [5.74, 6) is -1.04. The van der Waals surface area contributed by atoms with Gasteiger partial charge in [-0.3, -0.25) is 15.4 Å². The minimum atomic E-state index is -1.88. The van der Waals surface area contributed by atoms with Crippen molar-refractivity contribution in [3.8, 4) is 11.4 Å². The van der Waals surface area contributed by atoms with E-state index in [0.717, 1.165) is 41.5 Å². The van der Waals surface area contributed by atoms with Crippen molar-refractivity contribution in [2.45, 2.75) is 64.1 Å². The fourth-order valence-electron chi connectivity index (χ4n) is 6.14. The van der Waals surface area contributed by atoms with Crippen molar-refractivity contribution < 1.29 is 19.0 Å². The van der Waals surface area contributed by atoms with Crippen LogP contribution in [-0.2, 0) is 34.7 Å². The molecule has 3 aromatic rings. The molecule has 1 aromatic carbocycles. The van der Waals surface area contributed by atoms with Crippen LogP contribution in [0, 0.1) is 12.7 Å². The number of aryl methyl sites for hydroxylation is 1. The van der Waals surface area contributed by atoms with E-state index in [1.807, 2.05) is 6.92 Å². The molecule has 35 heavy (non-hydrogen) atoms. The lowest BCUT2D eigenvalue weighted by atomic mass is 9.81. The number of nitrogens with zero attached hydrogens (tertiary/aromatic N) is 2. The molecule has 3 atom stereocenters. The average molecular weight is 477 g/mol. The fourth-order valence-corrected chi connectivity index (χ4v) is 6.14. The number of cyclic esters (lactones) is 1. The Morgan fingerprint density at radius 2 is 2.11 bits per heavy atom. The highest BCUT2D eigenvalue weighted by Gasteiger charge is 2.46. The van der Waals surface area contributed by atoms with E-state index in [4.69, 9.17) is 9.72 Å². The number of nitrogens with one attached hydrogen (secondary N) is 2. The molecule has 1 aliphatic carbocycles. The predicted molar refractivity (Wildman–Crippen MR) is 125 cm³/mol. The SMILES string of the molecule is CC[C@@]1(O)C(=O)OCc2c1cc1n(c2=O)Cc2c-1nc1cc(F)c(C)c3c1c2[C@@H](NC1CN1)CC3. The van der Waals surface area contributed by atoms with Crippen molar-refractivity contribution >= 4 is 16.9 Å². The zero-order chi connectivity index (χ0) is 24.2. The first-order chi connectivity index (χ1) is 16.8. The van der Waals surface area contributed by atoms with E-state index in [1.54, 1.807) is 17.6 Å². The third kappa shape index (κ3) is 2.74. The van der Waals surface area contributed by atoms with Gasteiger partial charge in [-0.1, -0.05) is 6.92 Å². The average Bonchev–Trinajstić information content (AvgIpc) is 3.59. The number of pyridine rings is 2. The van der Waals surface area contributed by atoms with E-state index >= 15 is 0 Å². The van der Waals surface area contributed by atoms with Gasteiger partial charge < -0.3 is 14.4 Å². The number of carbonyl (C=O) groups excluding carboxylic acids is 1. The van der Waals surface area contributed by atoms with Crippen LogP contribution in [0.1, 0.15) is 59.2 Å². The monoisotopic (exact) mass is 476 g/mol. The molecule has 0 radical (unpaired) electrons. The third-order valence-electron chi connectivity index (χ3n) is 8.19. The quantitative estimate of drug-likeness (QED) is 0.306. The molecule has 8 nitrogen and oxygen atoms in total. The van der Waals surface area contributed by atoms with E-state index < -0.39 is 11.6 Å². The molecule has 1 unspecified atom stereocenters. The second-order valence-electron chi connectivity index (χ2n) is 10.0. The molecule has 5 heterocycles. The number of aliphatic hydroxyl groups is 1. The number of esters is 1. The van der Waals surface area contributed by atoms with Crippen LogP contribution in [0.4, 0.5) is 4.39 Å². The van der Waals surface area contributed by atoms with Gasteiger partial charge in [0.15, 0.2) is 5.60 Å². The summed E-state index contributed by atoms with van der Waals surface area (Å²) >= 11 is 0. The Morgan fingerprint density at radius 1 is 1.31 bits per heavy atom. The van der Waals surface area contributed by atoms with Gasteiger partial charge in [0.2, 0.25) is 0 Å². The third-order valence-corrected chi connectivity index (χ3v) is 8.19. The molecule has 3 aliphatic heterocycles. The van der Waals surface area contributed by atoms with Crippen LogP contribution in [-0.4, -0.2) is 33.3 Å². The van der Waals surface area contributed by atoms with E-state index in [2.05, 4.69) is 10.6 Å². The molecule has 180 valence electrons. The number of carbonyl (C=O) groups is 1. The summed E-state index contributed by atoms with van der Waals surface area (Å²) in [5.41, 5.74) is 3.76. The number of hydrogen-bond donors (Lipinski definition) is 3. The molecule has 0 spiro atoms. The van der Waals surface area contributed by atoms with Crippen LogP contribution in [0.15, 0.2) is 16.9 Å². The normalized spacial score (nSPS) is 25.8. The largest absolute Gasteiger partial charge is 0.458 e. The van der Waals surface area contributed by atoms with Gasteiger partial charge in [0, 0.05) is 35.2 Å². The Hall–Kier alpha value is -3.14. The van der Waals surface area contributed by atoms with Crippen LogP contribution >= 0.6 is 0 Å². The Balaban J connectivity index is 1.53. The molecule has 4 aliphatic rings. The summed E-state index contributed by atoms with van der Waals surface area (Å²) in [6.07, 6.45) is 1.89. The number of rotatable bonds is 3. The first kappa shape index (κ1) is 21.2. The zero-order valence-corrected chi connectivity index (χ0v) is 19.5. The van der Waals surface area contributed by atoms with Gasteiger partial charge in [0.05, 0.1) is 35.2 Å². The minimum absolute atomic E-state index is 0.0451. The Labute approximate surface area is 200 Å². The second-order valence-corrected chi connectivity index (χ2v) is 10.0. The van der Waals surface area contributed by atoms with Gasteiger partial charge in [0.1, 0.15) is 12.4 Å². The lowest BCUT2D eigenvalue weighted by molar-refractivity contribution is -0.172. The lowest BCUT2D eigenvalue weighted by Crippen LogP contribution is -2.44. The van der Waals surface area contributed by atoms with E-state index in [9.17, 15) is 19.1 Å². The van der Waals surface area contributed by atoms with E-state index in [1.165, 1.54) is 6.07 Å². The molecule has 9 heteroatoms. The highest BCUT2D eigenvalue weighted by Crippen LogP contribution is 2.46. The van der Waals surface area contributed by atoms with E-state index in [-0.39, 0.29) is 42.2 Å². The highest BCUT2D eigenvalue weighted by atomic mass is 19.1. The molecule has 7 rings (SSSR count). The Bertz CT molecular complexity index is 1540. The van der Waals surface area contributed by atoms with Crippen molar-refractivity contribution in [1.29, 1.82) is 0 Å². The maximum atomic E-state index is 14.9. The van der Waals surface area contributed by atoms with Gasteiger partial charge in [-0.2, -0.15) is 0 Å². The summed E-state index contributed by atoms with van der Waals surface area (Å²) < 4.78 is 21.7. The second kappa shape index (κ2) is 6.96. The molecule has 0 saturated carbocycles. The first-order valence-electron chi connectivity index (χ1n) is 12.1. The molecular weight excluding hydrogens is 451 g/mol. The molecule has 1 saturated heterocycles. The van der Waals surface area contributed by atoms with Crippen molar-refractivity contribution in [1.82, 2.24) is 20.2 Å². The number of fused-ring (bicyclic) bond motifs is 5. The van der Waals surface area contributed by atoms with Crippen LogP contribution in [0.5, 0.6) is 0 Å².